The zero-order chi connectivity index (χ0) is 17.8. The van der Waals surface area contributed by atoms with Crippen LogP contribution in [-0.2, 0) is 9.59 Å². The molecule has 0 radical (unpaired) electrons. The second kappa shape index (κ2) is 7.02. The summed E-state index contributed by atoms with van der Waals surface area (Å²) < 4.78 is 38.6. The minimum atomic E-state index is -4.52. The number of aliphatic carboxylic acids is 1. The fourth-order valence-corrected chi connectivity index (χ4v) is 2.14. The molecule has 1 atom stereocenters. The number of carbonyl (C=O) groups is 2. The molecule has 0 aromatic heterocycles. The summed E-state index contributed by atoms with van der Waals surface area (Å²) in [4.78, 5) is 23.0. The van der Waals surface area contributed by atoms with Crippen molar-refractivity contribution in [3.63, 3.8) is 0 Å². The Kier molecular flexibility index (Phi) is 5.80. The number of benzene rings is 1. The molecule has 1 amide bonds. The molecule has 4 nitrogen and oxygen atoms in total. The fraction of sp³-hybridized carbons (Fsp3) is 0.500. The molecule has 0 aliphatic heterocycles. The van der Waals surface area contributed by atoms with E-state index >= 15 is 0 Å². The maximum Gasteiger partial charge on any atom is 0.394 e. The van der Waals surface area contributed by atoms with Gasteiger partial charge in [0.2, 0.25) is 5.91 Å². The van der Waals surface area contributed by atoms with Gasteiger partial charge >= 0.3 is 12.1 Å². The van der Waals surface area contributed by atoms with Crippen molar-refractivity contribution in [3.8, 4) is 0 Å². The summed E-state index contributed by atoms with van der Waals surface area (Å²) in [6.45, 7) is 3.62. The van der Waals surface area contributed by atoms with E-state index in [0.717, 1.165) is 19.4 Å². The van der Waals surface area contributed by atoms with Gasteiger partial charge in [-0.3, -0.25) is 9.59 Å². The normalized spacial score (nSPS) is 13.5. The number of amides is 1. The molecule has 1 aromatic rings. The predicted molar refractivity (Wildman–Crippen MR) is 78.8 cm³/mol. The Morgan fingerprint density at radius 2 is 1.78 bits per heavy atom. The van der Waals surface area contributed by atoms with Gasteiger partial charge in [0.05, 0.1) is 17.9 Å². The highest BCUT2D eigenvalue weighted by Gasteiger charge is 2.48. The minimum Gasteiger partial charge on any atom is -0.481 e. The molecule has 0 saturated heterocycles. The molecule has 1 rings (SSSR count). The Morgan fingerprint density at radius 1 is 1.22 bits per heavy atom. The van der Waals surface area contributed by atoms with Crippen molar-refractivity contribution in [1.82, 2.24) is 5.32 Å². The quantitative estimate of drug-likeness (QED) is 0.837. The van der Waals surface area contributed by atoms with Gasteiger partial charge < -0.3 is 10.4 Å². The summed E-state index contributed by atoms with van der Waals surface area (Å²) in [7, 11) is 0. The van der Waals surface area contributed by atoms with E-state index in [2.05, 4.69) is 5.32 Å². The average molecular weight is 331 g/mol. The largest absolute Gasteiger partial charge is 0.481 e. The number of carboxylic acid groups (broad SMARTS) is 1. The lowest BCUT2D eigenvalue weighted by atomic mass is 9.88. The summed E-state index contributed by atoms with van der Waals surface area (Å²) in [6.07, 6.45) is -5.68. The number of carboxylic acids is 1. The Hall–Kier alpha value is -2.05. The SMILES string of the molecule is Cc1ccccc1C(CC(=O)O)NC(=O)CC(C)(C)C(F)(F)F. The molecule has 0 spiro atoms. The molecule has 0 saturated carbocycles. The van der Waals surface area contributed by atoms with Gasteiger partial charge in [0.15, 0.2) is 0 Å². The van der Waals surface area contributed by atoms with Crippen LogP contribution >= 0.6 is 0 Å². The van der Waals surface area contributed by atoms with Crippen LogP contribution in [0.4, 0.5) is 13.2 Å². The van der Waals surface area contributed by atoms with Crippen LogP contribution in [0.25, 0.3) is 0 Å². The molecule has 0 bridgehead atoms. The van der Waals surface area contributed by atoms with Crippen LogP contribution in [0.5, 0.6) is 0 Å². The molecular formula is C16H20F3NO3. The summed E-state index contributed by atoms with van der Waals surface area (Å²) in [5, 5.41) is 11.4. The highest BCUT2D eigenvalue weighted by molar-refractivity contribution is 5.78. The van der Waals surface area contributed by atoms with E-state index < -0.39 is 42.4 Å². The van der Waals surface area contributed by atoms with Crippen LogP contribution in [-0.4, -0.2) is 23.2 Å². The topological polar surface area (TPSA) is 66.4 Å². The second-order valence-electron chi connectivity index (χ2n) is 6.13. The summed E-state index contributed by atoms with van der Waals surface area (Å²) in [5.74, 6) is -1.98. The molecule has 0 aliphatic carbocycles. The minimum absolute atomic E-state index is 0.400. The summed E-state index contributed by atoms with van der Waals surface area (Å²) in [5.41, 5.74) is -0.849. The van der Waals surface area contributed by atoms with Crippen molar-refractivity contribution >= 4 is 11.9 Å². The van der Waals surface area contributed by atoms with E-state index in [-0.39, 0.29) is 0 Å². The molecular weight excluding hydrogens is 311 g/mol. The van der Waals surface area contributed by atoms with E-state index in [1.807, 2.05) is 0 Å². The first-order valence-electron chi connectivity index (χ1n) is 7.07. The second-order valence-corrected chi connectivity index (χ2v) is 6.13. The average Bonchev–Trinajstić information content (AvgIpc) is 2.35. The number of hydrogen-bond acceptors (Lipinski definition) is 2. The molecule has 2 N–H and O–H groups in total. The maximum absolute atomic E-state index is 12.9. The maximum atomic E-state index is 12.9. The van der Waals surface area contributed by atoms with E-state index in [9.17, 15) is 22.8 Å². The van der Waals surface area contributed by atoms with Crippen LogP contribution < -0.4 is 5.32 Å². The number of hydrogen-bond donors (Lipinski definition) is 2. The number of alkyl halides is 3. The van der Waals surface area contributed by atoms with Crippen molar-refractivity contribution < 1.29 is 27.9 Å². The number of carbonyl (C=O) groups excluding carboxylic acids is 1. The van der Waals surface area contributed by atoms with Gasteiger partial charge in [0.1, 0.15) is 0 Å². The molecule has 128 valence electrons. The van der Waals surface area contributed by atoms with E-state index in [1.165, 1.54) is 0 Å². The van der Waals surface area contributed by atoms with Crippen molar-refractivity contribution in [2.45, 2.75) is 45.8 Å². The molecule has 0 fully saturated rings. The van der Waals surface area contributed by atoms with Crippen molar-refractivity contribution in [1.29, 1.82) is 0 Å². The first kappa shape index (κ1) is 19.0. The Morgan fingerprint density at radius 3 is 2.26 bits per heavy atom. The van der Waals surface area contributed by atoms with Crippen molar-refractivity contribution in [3.05, 3.63) is 35.4 Å². The smallest absolute Gasteiger partial charge is 0.394 e. The standard InChI is InChI=1S/C16H20F3NO3/c1-10-6-4-5-7-11(10)12(8-14(22)23)20-13(21)9-15(2,3)16(17,18)19/h4-7,12H,8-9H2,1-3H3,(H,20,21)(H,22,23). The van der Waals surface area contributed by atoms with Crippen LogP contribution in [0.1, 0.15) is 43.9 Å². The van der Waals surface area contributed by atoms with Gasteiger partial charge in [-0.05, 0) is 18.1 Å². The van der Waals surface area contributed by atoms with Gasteiger partial charge in [-0.2, -0.15) is 13.2 Å². The third-order valence-electron chi connectivity index (χ3n) is 3.65. The summed E-state index contributed by atoms with van der Waals surface area (Å²) >= 11 is 0. The summed E-state index contributed by atoms with van der Waals surface area (Å²) in [6, 6.07) is 5.97. The van der Waals surface area contributed by atoms with Gasteiger partial charge in [0, 0.05) is 6.42 Å². The molecule has 0 heterocycles. The Balaban J connectivity index is 2.93. The first-order valence-corrected chi connectivity index (χ1v) is 7.07. The highest BCUT2D eigenvalue weighted by atomic mass is 19.4. The van der Waals surface area contributed by atoms with E-state index in [0.29, 0.717) is 5.56 Å². The molecule has 23 heavy (non-hydrogen) atoms. The first-order chi connectivity index (χ1) is 10.4. The van der Waals surface area contributed by atoms with Gasteiger partial charge in [0.25, 0.3) is 0 Å². The van der Waals surface area contributed by atoms with E-state index in [1.54, 1.807) is 31.2 Å². The van der Waals surface area contributed by atoms with E-state index in [4.69, 9.17) is 5.11 Å². The lowest BCUT2D eigenvalue weighted by molar-refractivity contribution is -0.213. The third-order valence-corrected chi connectivity index (χ3v) is 3.65. The number of halogens is 3. The molecule has 1 unspecified atom stereocenters. The number of nitrogens with one attached hydrogen (secondary N) is 1. The lowest BCUT2D eigenvalue weighted by Crippen LogP contribution is -2.39. The predicted octanol–water partition coefficient (Wildman–Crippen LogP) is 3.61. The van der Waals surface area contributed by atoms with Gasteiger partial charge in [-0.1, -0.05) is 38.1 Å². The fourth-order valence-electron chi connectivity index (χ4n) is 2.14. The van der Waals surface area contributed by atoms with Gasteiger partial charge in [-0.15, -0.1) is 0 Å². The van der Waals surface area contributed by atoms with Gasteiger partial charge in [-0.25, -0.2) is 0 Å². The third kappa shape index (κ3) is 5.26. The van der Waals surface area contributed by atoms with Crippen molar-refractivity contribution in [2.24, 2.45) is 5.41 Å². The number of rotatable bonds is 6. The molecule has 7 heteroatoms. The van der Waals surface area contributed by atoms with Crippen molar-refractivity contribution in [2.75, 3.05) is 0 Å². The van der Waals surface area contributed by atoms with Crippen LogP contribution in [0, 0.1) is 12.3 Å². The highest BCUT2D eigenvalue weighted by Crippen LogP contribution is 2.40. The zero-order valence-electron chi connectivity index (χ0n) is 13.2. The van der Waals surface area contributed by atoms with Crippen LogP contribution in [0.15, 0.2) is 24.3 Å². The lowest BCUT2D eigenvalue weighted by Gasteiger charge is -2.28. The Labute approximate surface area is 132 Å². The van der Waals surface area contributed by atoms with Crippen LogP contribution in [0.3, 0.4) is 0 Å². The molecule has 1 aromatic carbocycles. The van der Waals surface area contributed by atoms with Crippen LogP contribution in [0.2, 0.25) is 0 Å². The number of aryl methyl sites for hydroxylation is 1. The monoisotopic (exact) mass is 331 g/mol. The Bertz CT molecular complexity index is 582. The molecule has 0 aliphatic rings. The zero-order valence-corrected chi connectivity index (χ0v) is 13.2.